The van der Waals surface area contributed by atoms with Crippen LogP contribution in [0.5, 0.6) is 0 Å². The fraction of sp³-hybridized carbons (Fsp3) is 0.556. The summed E-state index contributed by atoms with van der Waals surface area (Å²) >= 11 is 1.54. The number of benzene rings is 1. The molecule has 3 atom stereocenters. The van der Waals surface area contributed by atoms with Crippen molar-refractivity contribution < 1.29 is 9.59 Å². The molecule has 1 aromatic carbocycles. The quantitative estimate of drug-likeness (QED) is 0.802. The number of piperidine rings is 1. The first-order valence-electron chi connectivity index (χ1n) is 8.45. The predicted molar refractivity (Wildman–Crippen MR) is 99.0 cm³/mol. The Bertz CT molecular complexity index is 576. The van der Waals surface area contributed by atoms with E-state index in [4.69, 9.17) is 5.73 Å². The van der Waals surface area contributed by atoms with E-state index in [0.717, 1.165) is 30.0 Å². The highest BCUT2D eigenvalue weighted by atomic mass is 32.2. The van der Waals surface area contributed by atoms with E-state index in [0.29, 0.717) is 12.5 Å². The van der Waals surface area contributed by atoms with Crippen molar-refractivity contribution in [2.75, 3.05) is 18.4 Å². The molecule has 1 heterocycles. The summed E-state index contributed by atoms with van der Waals surface area (Å²) in [5, 5.41) is 2.59. The molecule has 6 heteroatoms. The van der Waals surface area contributed by atoms with Gasteiger partial charge in [-0.2, -0.15) is 0 Å². The third-order valence-electron chi connectivity index (χ3n) is 4.37. The van der Waals surface area contributed by atoms with Gasteiger partial charge in [0.1, 0.15) is 0 Å². The Balaban J connectivity index is 1.96. The Kier molecular flexibility index (Phi) is 6.69. The molecular weight excluding hydrogens is 322 g/mol. The van der Waals surface area contributed by atoms with Crippen LogP contribution in [0.1, 0.15) is 33.6 Å². The summed E-state index contributed by atoms with van der Waals surface area (Å²) < 4.78 is 0. The number of anilines is 1. The first-order valence-corrected chi connectivity index (χ1v) is 9.33. The number of thioether (sulfide) groups is 1. The topological polar surface area (TPSA) is 75.4 Å². The maximum absolute atomic E-state index is 12.8. The van der Waals surface area contributed by atoms with Crippen LogP contribution in [0.3, 0.4) is 0 Å². The molecule has 1 aliphatic heterocycles. The van der Waals surface area contributed by atoms with Crippen molar-refractivity contribution >= 4 is 29.3 Å². The lowest BCUT2D eigenvalue weighted by Crippen LogP contribution is -2.51. The maximum Gasteiger partial charge on any atom is 0.236 e. The molecule has 3 unspecified atom stereocenters. The van der Waals surface area contributed by atoms with Crippen molar-refractivity contribution in [1.29, 1.82) is 0 Å². The molecule has 1 fully saturated rings. The third-order valence-corrected chi connectivity index (χ3v) is 5.47. The lowest BCUT2D eigenvalue weighted by Gasteiger charge is -2.39. The molecule has 132 valence electrons. The fourth-order valence-electron chi connectivity index (χ4n) is 3.07. The van der Waals surface area contributed by atoms with Gasteiger partial charge >= 0.3 is 0 Å². The average Bonchev–Trinajstić information content (AvgIpc) is 2.55. The summed E-state index contributed by atoms with van der Waals surface area (Å²) in [5.41, 5.74) is 6.63. The van der Waals surface area contributed by atoms with E-state index in [1.54, 1.807) is 11.8 Å². The number of amides is 2. The number of carbonyl (C=O) groups is 2. The molecular formula is C18H27N3O2S. The molecule has 0 spiro atoms. The third kappa shape index (κ3) is 4.98. The van der Waals surface area contributed by atoms with Crippen LogP contribution in [0.2, 0.25) is 0 Å². The van der Waals surface area contributed by atoms with Gasteiger partial charge in [-0.15, -0.1) is 11.8 Å². The van der Waals surface area contributed by atoms with E-state index in [9.17, 15) is 9.59 Å². The minimum atomic E-state index is -0.154. The predicted octanol–water partition coefficient (Wildman–Crippen LogP) is 2.71. The summed E-state index contributed by atoms with van der Waals surface area (Å²) in [5.74, 6) is 0.700. The zero-order chi connectivity index (χ0) is 17.7. The summed E-state index contributed by atoms with van der Waals surface area (Å²) in [4.78, 5) is 26.8. The van der Waals surface area contributed by atoms with E-state index in [1.165, 1.54) is 6.92 Å². The molecule has 1 aliphatic rings. The smallest absolute Gasteiger partial charge is 0.236 e. The van der Waals surface area contributed by atoms with Crippen LogP contribution >= 0.6 is 11.8 Å². The van der Waals surface area contributed by atoms with Crippen molar-refractivity contribution in [2.24, 2.45) is 11.7 Å². The normalized spacial score (nSPS) is 22.1. The van der Waals surface area contributed by atoms with E-state index >= 15 is 0 Å². The van der Waals surface area contributed by atoms with Crippen LogP contribution < -0.4 is 11.1 Å². The summed E-state index contributed by atoms with van der Waals surface area (Å²) in [7, 11) is 0. The molecule has 1 saturated heterocycles. The Morgan fingerprint density at radius 3 is 2.62 bits per heavy atom. The van der Waals surface area contributed by atoms with Crippen LogP contribution in [-0.4, -0.2) is 41.1 Å². The molecule has 2 rings (SSSR count). The van der Waals surface area contributed by atoms with Crippen molar-refractivity contribution in [1.82, 2.24) is 4.90 Å². The average molecular weight is 350 g/mol. The molecule has 1 aromatic rings. The Hall–Kier alpha value is -1.53. The maximum atomic E-state index is 12.8. The van der Waals surface area contributed by atoms with Crippen LogP contribution in [0, 0.1) is 5.92 Å². The molecule has 0 radical (unpaired) electrons. The number of rotatable bonds is 5. The summed E-state index contributed by atoms with van der Waals surface area (Å²) in [6.45, 7) is 6.98. The first-order chi connectivity index (χ1) is 11.4. The molecule has 24 heavy (non-hydrogen) atoms. The van der Waals surface area contributed by atoms with Crippen molar-refractivity contribution in [3.8, 4) is 0 Å². The van der Waals surface area contributed by atoms with Gasteiger partial charge in [-0.3, -0.25) is 9.59 Å². The first kappa shape index (κ1) is 18.8. The largest absolute Gasteiger partial charge is 0.337 e. The second kappa shape index (κ2) is 8.53. The van der Waals surface area contributed by atoms with Gasteiger partial charge in [0.15, 0.2) is 0 Å². The fourth-order valence-corrected chi connectivity index (χ4v) is 4.01. The molecule has 5 nitrogen and oxygen atoms in total. The number of nitrogens with zero attached hydrogens (tertiary/aromatic N) is 1. The summed E-state index contributed by atoms with van der Waals surface area (Å²) in [6.07, 6.45) is 2.04. The number of nitrogens with two attached hydrogens (primary N) is 1. The van der Waals surface area contributed by atoms with Gasteiger partial charge in [0.05, 0.1) is 5.25 Å². The number of hydrogen-bond donors (Lipinski definition) is 2. The number of nitrogens with one attached hydrogen (secondary N) is 1. The molecule has 2 amide bonds. The van der Waals surface area contributed by atoms with Gasteiger partial charge in [-0.05, 0) is 49.9 Å². The molecule has 0 aliphatic carbocycles. The SMILES string of the molecule is CC(=O)Nc1ccc(SC(C)C(=O)N2CCC(C)CC2CN)cc1. The van der Waals surface area contributed by atoms with Crippen LogP contribution in [0.4, 0.5) is 5.69 Å². The van der Waals surface area contributed by atoms with Gasteiger partial charge in [0, 0.05) is 36.6 Å². The molecule has 0 bridgehead atoms. The number of carbonyl (C=O) groups excluding carboxylic acids is 2. The van der Waals surface area contributed by atoms with Crippen LogP contribution in [0.25, 0.3) is 0 Å². The summed E-state index contributed by atoms with van der Waals surface area (Å²) in [6, 6.07) is 7.72. The van der Waals surface area contributed by atoms with Crippen molar-refractivity contribution in [2.45, 2.75) is 49.8 Å². The highest BCUT2D eigenvalue weighted by molar-refractivity contribution is 8.00. The Labute approximate surface area is 148 Å². The van der Waals surface area contributed by atoms with Gasteiger partial charge < -0.3 is 16.0 Å². The molecule has 3 N–H and O–H groups in total. The van der Waals surface area contributed by atoms with E-state index in [2.05, 4.69) is 12.2 Å². The monoisotopic (exact) mass is 349 g/mol. The lowest BCUT2D eigenvalue weighted by atomic mass is 9.92. The van der Waals surface area contributed by atoms with E-state index in [-0.39, 0.29) is 23.1 Å². The van der Waals surface area contributed by atoms with E-state index in [1.807, 2.05) is 36.1 Å². The van der Waals surface area contributed by atoms with Gasteiger partial charge in [0.25, 0.3) is 0 Å². The highest BCUT2D eigenvalue weighted by Gasteiger charge is 2.31. The zero-order valence-electron chi connectivity index (χ0n) is 14.6. The minimum absolute atomic E-state index is 0.0916. The van der Waals surface area contributed by atoms with Crippen molar-refractivity contribution in [3.05, 3.63) is 24.3 Å². The lowest BCUT2D eigenvalue weighted by molar-refractivity contribution is -0.134. The van der Waals surface area contributed by atoms with Crippen LogP contribution in [-0.2, 0) is 9.59 Å². The van der Waals surface area contributed by atoms with Gasteiger partial charge in [-0.1, -0.05) is 6.92 Å². The Morgan fingerprint density at radius 1 is 1.38 bits per heavy atom. The minimum Gasteiger partial charge on any atom is -0.337 e. The highest BCUT2D eigenvalue weighted by Crippen LogP contribution is 2.29. The Morgan fingerprint density at radius 2 is 2.04 bits per heavy atom. The van der Waals surface area contributed by atoms with Gasteiger partial charge in [-0.25, -0.2) is 0 Å². The zero-order valence-corrected chi connectivity index (χ0v) is 15.4. The van der Waals surface area contributed by atoms with E-state index < -0.39 is 0 Å². The van der Waals surface area contributed by atoms with Crippen molar-refractivity contribution in [3.63, 3.8) is 0 Å². The molecule has 0 aromatic heterocycles. The second-order valence-corrected chi connectivity index (χ2v) is 7.93. The van der Waals surface area contributed by atoms with Crippen LogP contribution in [0.15, 0.2) is 29.2 Å². The molecule has 0 saturated carbocycles. The number of hydrogen-bond acceptors (Lipinski definition) is 4. The van der Waals surface area contributed by atoms with Gasteiger partial charge in [0.2, 0.25) is 11.8 Å². The second-order valence-electron chi connectivity index (χ2n) is 6.52. The number of likely N-dealkylation sites (tertiary alicyclic amines) is 1. The standard InChI is InChI=1S/C18H27N3O2S/c1-12-8-9-21(16(10-12)11-19)18(23)13(2)24-17-6-4-15(5-7-17)20-14(3)22/h4-7,12-13,16H,8-11,19H2,1-3H3,(H,20,22).